The van der Waals surface area contributed by atoms with Crippen LogP contribution in [0.15, 0.2) is 0 Å². The van der Waals surface area contributed by atoms with Gasteiger partial charge in [-0.15, -0.1) is 0 Å². The summed E-state index contributed by atoms with van der Waals surface area (Å²) in [5, 5.41) is 9.53. The van der Waals surface area contributed by atoms with Gasteiger partial charge in [0.15, 0.2) is 0 Å². The summed E-state index contributed by atoms with van der Waals surface area (Å²) in [5.74, 6) is 0.658. The van der Waals surface area contributed by atoms with Gasteiger partial charge in [0.25, 0.3) is 0 Å². The number of hydrogen-bond acceptors (Lipinski definition) is 4. The van der Waals surface area contributed by atoms with E-state index >= 15 is 0 Å². The highest BCUT2D eigenvalue weighted by Crippen LogP contribution is 2.38. The lowest BCUT2D eigenvalue weighted by Gasteiger charge is -2.38. The van der Waals surface area contributed by atoms with Crippen LogP contribution in [0.4, 0.5) is 11.5 Å². The van der Waals surface area contributed by atoms with Gasteiger partial charge in [0, 0.05) is 19.1 Å². The number of pyridine rings is 1. The number of piperidine rings is 1. The highest BCUT2D eigenvalue weighted by atomic mass is 35.5. The third-order valence-corrected chi connectivity index (χ3v) is 5.48. The number of halogens is 1. The van der Waals surface area contributed by atoms with Crippen LogP contribution < -0.4 is 4.90 Å². The van der Waals surface area contributed by atoms with Gasteiger partial charge < -0.3 is 9.80 Å². The first kappa shape index (κ1) is 17.0. The third-order valence-electron chi connectivity index (χ3n) is 5.21. The van der Waals surface area contributed by atoms with Crippen molar-refractivity contribution in [3.8, 4) is 6.07 Å². The summed E-state index contributed by atoms with van der Waals surface area (Å²) in [5.41, 5.74) is 1.57. The number of likely N-dealkylation sites (tertiary alicyclic amines) is 1. The van der Waals surface area contributed by atoms with Crippen molar-refractivity contribution < 1.29 is 0 Å². The number of nitrogens with zero attached hydrogens (tertiary/aromatic N) is 5. The molecule has 2 aliphatic heterocycles. The van der Waals surface area contributed by atoms with Gasteiger partial charge in [0.05, 0.1) is 12.1 Å². The fourth-order valence-electron chi connectivity index (χ4n) is 3.93. The molecule has 0 aromatic carbocycles. The van der Waals surface area contributed by atoms with Crippen LogP contribution in [-0.4, -0.2) is 42.1 Å². The first-order valence-corrected chi connectivity index (χ1v) is 9.06. The van der Waals surface area contributed by atoms with Gasteiger partial charge in [-0.3, -0.25) is 0 Å². The maximum absolute atomic E-state index is 9.31. The Morgan fingerprint density at radius 3 is 2.50 bits per heavy atom. The van der Waals surface area contributed by atoms with E-state index in [1.54, 1.807) is 0 Å². The van der Waals surface area contributed by atoms with Gasteiger partial charge in [-0.25, -0.2) is 9.83 Å². The molecule has 2 aliphatic rings. The van der Waals surface area contributed by atoms with E-state index in [0.29, 0.717) is 29.5 Å². The quantitative estimate of drug-likeness (QED) is 0.619. The van der Waals surface area contributed by atoms with Gasteiger partial charge in [-0.05, 0) is 50.8 Å². The zero-order valence-electron chi connectivity index (χ0n) is 14.1. The van der Waals surface area contributed by atoms with E-state index in [9.17, 15) is 5.26 Å². The Labute approximate surface area is 148 Å². The molecule has 0 spiro atoms. The minimum absolute atomic E-state index is 0.221. The van der Waals surface area contributed by atoms with Crippen molar-refractivity contribution in [2.75, 3.05) is 31.1 Å². The van der Waals surface area contributed by atoms with Crippen LogP contribution in [0.25, 0.3) is 4.85 Å². The van der Waals surface area contributed by atoms with Crippen molar-refractivity contribution in [1.82, 2.24) is 9.88 Å². The Hall–Kier alpha value is -1.82. The van der Waals surface area contributed by atoms with Crippen LogP contribution in [0.3, 0.4) is 0 Å². The van der Waals surface area contributed by atoms with Gasteiger partial charge in [-0.2, -0.15) is 5.26 Å². The standard InChI is InChI=1S/C18H22ClN5/c1-3-14-15(12-20)17(19)22-18(16(14)21-2)24-10-6-13(7-11-24)23-8-4-5-9-23/h13H,3-11H2,1H3. The minimum atomic E-state index is 0.221. The summed E-state index contributed by atoms with van der Waals surface area (Å²) < 4.78 is 0. The fourth-order valence-corrected chi connectivity index (χ4v) is 4.16. The predicted molar refractivity (Wildman–Crippen MR) is 95.6 cm³/mol. The van der Waals surface area contributed by atoms with E-state index < -0.39 is 0 Å². The summed E-state index contributed by atoms with van der Waals surface area (Å²) in [6, 6.07) is 2.75. The molecule has 0 N–H and O–H groups in total. The van der Waals surface area contributed by atoms with Crippen molar-refractivity contribution in [1.29, 1.82) is 5.26 Å². The van der Waals surface area contributed by atoms with Crippen LogP contribution in [-0.2, 0) is 6.42 Å². The summed E-state index contributed by atoms with van der Waals surface area (Å²) >= 11 is 6.22. The molecule has 1 aromatic rings. The molecule has 0 unspecified atom stereocenters. The highest BCUT2D eigenvalue weighted by Gasteiger charge is 2.29. The summed E-state index contributed by atoms with van der Waals surface area (Å²) in [7, 11) is 0. The second-order valence-corrected chi connectivity index (χ2v) is 6.82. The van der Waals surface area contributed by atoms with E-state index in [1.807, 2.05) is 6.92 Å². The molecule has 6 heteroatoms. The maximum Gasteiger partial charge on any atom is 0.232 e. The average Bonchev–Trinajstić information content (AvgIpc) is 3.15. The molecule has 0 aliphatic carbocycles. The summed E-state index contributed by atoms with van der Waals surface area (Å²) in [4.78, 5) is 12.9. The molecule has 24 heavy (non-hydrogen) atoms. The van der Waals surface area contributed by atoms with Crippen molar-refractivity contribution >= 4 is 23.1 Å². The Morgan fingerprint density at radius 1 is 1.29 bits per heavy atom. The molecule has 0 bridgehead atoms. The van der Waals surface area contributed by atoms with E-state index in [-0.39, 0.29) is 5.15 Å². The molecular formula is C18H22ClN5. The normalized spacial score (nSPS) is 19.2. The first-order valence-electron chi connectivity index (χ1n) is 8.68. The first-order chi connectivity index (χ1) is 11.7. The molecule has 2 saturated heterocycles. The molecule has 0 saturated carbocycles. The molecule has 3 rings (SSSR count). The second kappa shape index (κ2) is 7.38. The number of aromatic nitrogens is 1. The largest absolute Gasteiger partial charge is 0.365 e. The topological polar surface area (TPSA) is 47.5 Å². The SMILES string of the molecule is [C-]#[N+]c1c(N2CCC(N3CCCC3)CC2)nc(Cl)c(C#N)c1CC. The van der Waals surface area contributed by atoms with Crippen LogP contribution >= 0.6 is 11.6 Å². The van der Waals surface area contributed by atoms with Crippen molar-refractivity contribution in [2.24, 2.45) is 0 Å². The molecule has 0 amide bonds. The lowest BCUT2D eigenvalue weighted by Crippen LogP contribution is -2.44. The Kier molecular flexibility index (Phi) is 5.23. The molecule has 0 radical (unpaired) electrons. The average molecular weight is 344 g/mol. The van der Waals surface area contributed by atoms with E-state index in [2.05, 4.69) is 25.7 Å². The Morgan fingerprint density at radius 2 is 1.96 bits per heavy atom. The number of hydrogen-bond donors (Lipinski definition) is 0. The number of nitriles is 1. The Balaban J connectivity index is 1.84. The molecule has 3 heterocycles. The minimum Gasteiger partial charge on any atom is -0.365 e. The van der Waals surface area contributed by atoms with Crippen molar-refractivity contribution in [3.05, 3.63) is 27.7 Å². The molecule has 2 fully saturated rings. The summed E-state index contributed by atoms with van der Waals surface area (Å²) in [6.45, 7) is 13.7. The summed E-state index contributed by atoms with van der Waals surface area (Å²) in [6.07, 6.45) is 5.43. The van der Waals surface area contributed by atoms with Gasteiger partial charge in [0.1, 0.15) is 17.0 Å². The van der Waals surface area contributed by atoms with Crippen LogP contribution in [0, 0.1) is 17.9 Å². The zero-order chi connectivity index (χ0) is 17.1. The van der Waals surface area contributed by atoms with Crippen molar-refractivity contribution in [3.63, 3.8) is 0 Å². The molecule has 126 valence electrons. The van der Waals surface area contributed by atoms with Crippen molar-refractivity contribution in [2.45, 2.75) is 45.1 Å². The fraction of sp³-hybridized carbons (Fsp3) is 0.611. The molecule has 5 nitrogen and oxygen atoms in total. The smallest absolute Gasteiger partial charge is 0.232 e. The van der Waals surface area contributed by atoms with Crippen LogP contribution in [0.5, 0.6) is 0 Å². The van der Waals surface area contributed by atoms with Gasteiger partial charge in [-0.1, -0.05) is 18.5 Å². The zero-order valence-corrected chi connectivity index (χ0v) is 14.8. The predicted octanol–water partition coefficient (Wildman–Crippen LogP) is 3.78. The molecule has 1 aromatic heterocycles. The van der Waals surface area contributed by atoms with Crippen LogP contribution in [0.2, 0.25) is 5.15 Å². The number of rotatable bonds is 3. The maximum atomic E-state index is 9.31. The van der Waals surface area contributed by atoms with E-state index in [0.717, 1.165) is 31.5 Å². The second-order valence-electron chi connectivity index (χ2n) is 6.47. The van der Waals surface area contributed by atoms with E-state index in [4.69, 9.17) is 18.2 Å². The molecule has 0 atom stereocenters. The van der Waals surface area contributed by atoms with Gasteiger partial charge >= 0.3 is 0 Å². The molecular weight excluding hydrogens is 322 g/mol. The Bertz CT molecular complexity index is 689. The third kappa shape index (κ3) is 3.07. The van der Waals surface area contributed by atoms with Crippen LogP contribution in [0.1, 0.15) is 43.7 Å². The van der Waals surface area contributed by atoms with E-state index in [1.165, 1.54) is 25.9 Å². The highest BCUT2D eigenvalue weighted by molar-refractivity contribution is 6.31. The lowest BCUT2D eigenvalue weighted by molar-refractivity contribution is 0.207. The monoisotopic (exact) mass is 343 g/mol. The van der Waals surface area contributed by atoms with Gasteiger partial charge in [0.2, 0.25) is 5.69 Å². The number of anilines is 1. The lowest BCUT2D eigenvalue weighted by atomic mass is 10.0.